The summed E-state index contributed by atoms with van der Waals surface area (Å²) in [4.78, 5) is 0. The number of hydrogen-bond acceptors (Lipinski definition) is 0. The van der Waals surface area contributed by atoms with Crippen molar-refractivity contribution in [2.75, 3.05) is 0 Å². The summed E-state index contributed by atoms with van der Waals surface area (Å²) in [6.07, 6.45) is 2.62. The summed E-state index contributed by atoms with van der Waals surface area (Å²) in [6, 6.07) is 0. The molecule has 0 fully saturated rings. The first-order valence-corrected chi connectivity index (χ1v) is 2.29. The monoisotopic (exact) mass is 109 g/mol. The molecule has 0 aromatic rings. The molecule has 1 radical (unpaired) electrons. The van der Waals surface area contributed by atoms with E-state index < -0.39 is 0 Å². The second kappa shape index (κ2) is 6.05. The third-order valence-electron chi connectivity index (χ3n) is 0.500. The van der Waals surface area contributed by atoms with Crippen molar-refractivity contribution >= 4 is 0 Å². The van der Waals surface area contributed by atoms with Gasteiger partial charge in [0.2, 0.25) is 0 Å². The molecule has 0 nitrogen and oxygen atoms in total. The molecule has 0 aromatic heterocycles. The van der Waals surface area contributed by atoms with Crippen LogP contribution in [0.5, 0.6) is 0 Å². The van der Waals surface area contributed by atoms with Crippen LogP contribution < -0.4 is 0 Å². The highest BCUT2D eigenvalue weighted by Crippen LogP contribution is 1.78. The molecule has 0 saturated carbocycles. The van der Waals surface area contributed by atoms with E-state index >= 15 is 0 Å². The van der Waals surface area contributed by atoms with Crippen molar-refractivity contribution in [3.05, 3.63) is 6.92 Å². The zero-order valence-corrected chi connectivity index (χ0v) is 4.50. The maximum absolute atomic E-state index is 10.9. The lowest BCUT2D eigenvalue weighted by atomic mass is 10.3. The molecule has 0 atom stereocenters. The number of rotatable bonds is 1. The van der Waals surface area contributed by atoms with Gasteiger partial charge in [0.25, 0.3) is 0 Å². The van der Waals surface area contributed by atoms with Gasteiger partial charge in [-0.15, -0.1) is 4.39 Å². The largest absolute Gasteiger partial charge is 0.143 e. The summed E-state index contributed by atoms with van der Waals surface area (Å²) in [6.45, 7) is 3.54. The molecule has 0 amide bonds. The maximum atomic E-state index is 10.9. The minimum Gasteiger partial charge on any atom is -0.143 e. The number of unbranched alkanes of at least 4 members (excludes halogenated alkanes) is 1. The highest BCUT2D eigenvalue weighted by Gasteiger charge is 1.65. The quantitative estimate of drug-likeness (QED) is 0.448. The Kier molecular flexibility index (Phi) is 5.33. The van der Waals surface area contributed by atoms with Gasteiger partial charge in [-0.2, -0.15) is 0 Å². The Morgan fingerprint density at radius 2 is 2.12 bits per heavy atom. The van der Waals surface area contributed by atoms with Crippen LogP contribution in [0.2, 0.25) is 0 Å². The topological polar surface area (TPSA) is 0 Å². The van der Waals surface area contributed by atoms with Gasteiger partial charge in [0.05, 0.1) is 0 Å². The minimum atomic E-state index is 0.689. The zero-order valence-electron chi connectivity index (χ0n) is 4.50. The minimum absolute atomic E-state index is 0.689. The SMILES string of the molecule is [CH2]CCC#CC#CF. The number of halogens is 1. The zero-order chi connectivity index (χ0) is 6.24. The third-order valence-corrected chi connectivity index (χ3v) is 0.500. The van der Waals surface area contributed by atoms with Crippen molar-refractivity contribution in [3.63, 3.8) is 0 Å². The standard InChI is InChI=1S/C7H6F/c1-2-3-4-5-6-7-8/h1-3H2. The predicted octanol–water partition coefficient (Wildman–Crippen LogP) is 1.53. The summed E-state index contributed by atoms with van der Waals surface area (Å²) >= 11 is 0. The maximum Gasteiger partial charge on any atom is 0.119 e. The molecule has 8 heavy (non-hydrogen) atoms. The predicted molar refractivity (Wildman–Crippen MR) is 31.3 cm³/mol. The lowest BCUT2D eigenvalue weighted by molar-refractivity contribution is 0.774. The Bertz CT molecular complexity index is 149. The molecular weight excluding hydrogens is 103 g/mol. The van der Waals surface area contributed by atoms with E-state index in [2.05, 4.69) is 18.8 Å². The third kappa shape index (κ3) is 5.05. The van der Waals surface area contributed by atoms with Gasteiger partial charge < -0.3 is 0 Å². The van der Waals surface area contributed by atoms with Gasteiger partial charge >= 0.3 is 0 Å². The first-order chi connectivity index (χ1) is 3.91. The second-order valence-electron chi connectivity index (χ2n) is 1.12. The van der Waals surface area contributed by atoms with E-state index in [1.807, 2.05) is 5.92 Å². The number of hydrogen-bond donors (Lipinski definition) is 0. The summed E-state index contributed by atoms with van der Waals surface area (Å²) < 4.78 is 10.9. The Balaban J connectivity index is 3.31. The lowest BCUT2D eigenvalue weighted by Crippen LogP contribution is -1.59. The Labute approximate surface area is 49.1 Å². The van der Waals surface area contributed by atoms with Gasteiger partial charge in [-0.1, -0.05) is 12.8 Å². The van der Waals surface area contributed by atoms with Crippen LogP contribution in [0.3, 0.4) is 0 Å². The van der Waals surface area contributed by atoms with Crippen molar-refractivity contribution in [1.29, 1.82) is 0 Å². The first-order valence-electron chi connectivity index (χ1n) is 2.29. The highest BCUT2D eigenvalue weighted by atomic mass is 19.1. The molecule has 0 spiro atoms. The van der Waals surface area contributed by atoms with Crippen LogP contribution in [0.1, 0.15) is 12.8 Å². The molecule has 0 aromatic carbocycles. The molecular formula is C7H6F. The fraction of sp³-hybridized carbons (Fsp3) is 0.286. The summed E-state index contributed by atoms with van der Waals surface area (Å²) in [5, 5.41) is 0. The van der Waals surface area contributed by atoms with Crippen LogP contribution in [0.4, 0.5) is 4.39 Å². The van der Waals surface area contributed by atoms with Gasteiger partial charge in [0.1, 0.15) is 6.17 Å². The van der Waals surface area contributed by atoms with E-state index in [1.165, 1.54) is 6.17 Å². The molecule has 0 unspecified atom stereocenters. The molecule has 0 heterocycles. The van der Waals surface area contributed by atoms with E-state index in [4.69, 9.17) is 0 Å². The normalized spacial score (nSPS) is 5.75. The average Bonchev–Trinajstić information content (AvgIpc) is 1.81. The van der Waals surface area contributed by atoms with Crippen LogP contribution in [-0.2, 0) is 0 Å². The molecule has 1 heteroatoms. The first kappa shape index (κ1) is 7.05. The Morgan fingerprint density at radius 3 is 2.62 bits per heavy atom. The summed E-state index contributed by atoms with van der Waals surface area (Å²) in [5.74, 6) is 6.90. The molecule has 0 N–H and O–H groups in total. The Hall–Kier alpha value is -0.950. The van der Waals surface area contributed by atoms with Gasteiger partial charge in [0.15, 0.2) is 0 Å². The van der Waals surface area contributed by atoms with Crippen molar-refractivity contribution in [2.24, 2.45) is 0 Å². The van der Waals surface area contributed by atoms with Crippen molar-refractivity contribution in [1.82, 2.24) is 0 Å². The van der Waals surface area contributed by atoms with Gasteiger partial charge in [-0.25, -0.2) is 0 Å². The molecule has 0 aliphatic heterocycles. The molecule has 0 saturated heterocycles. The van der Waals surface area contributed by atoms with Crippen LogP contribution in [0.15, 0.2) is 0 Å². The second-order valence-corrected chi connectivity index (χ2v) is 1.12. The van der Waals surface area contributed by atoms with Gasteiger partial charge in [-0.05, 0) is 12.3 Å². The van der Waals surface area contributed by atoms with E-state index in [-0.39, 0.29) is 0 Å². The lowest BCUT2D eigenvalue weighted by Gasteiger charge is -1.71. The van der Waals surface area contributed by atoms with Gasteiger partial charge in [0, 0.05) is 12.3 Å². The van der Waals surface area contributed by atoms with Gasteiger partial charge in [-0.3, -0.25) is 0 Å². The molecule has 0 rings (SSSR count). The van der Waals surface area contributed by atoms with Crippen LogP contribution in [-0.4, -0.2) is 0 Å². The van der Waals surface area contributed by atoms with Crippen LogP contribution in [0, 0.1) is 30.9 Å². The van der Waals surface area contributed by atoms with E-state index in [0.717, 1.165) is 6.42 Å². The van der Waals surface area contributed by atoms with Crippen LogP contribution in [0.25, 0.3) is 0 Å². The smallest absolute Gasteiger partial charge is 0.119 e. The van der Waals surface area contributed by atoms with E-state index in [0.29, 0.717) is 6.42 Å². The summed E-state index contributed by atoms with van der Waals surface area (Å²) in [5.41, 5.74) is 0. The van der Waals surface area contributed by atoms with E-state index in [9.17, 15) is 4.39 Å². The summed E-state index contributed by atoms with van der Waals surface area (Å²) in [7, 11) is 0. The molecule has 0 aliphatic carbocycles. The van der Waals surface area contributed by atoms with Crippen molar-refractivity contribution in [2.45, 2.75) is 12.8 Å². The average molecular weight is 109 g/mol. The van der Waals surface area contributed by atoms with Crippen molar-refractivity contribution < 1.29 is 4.39 Å². The molecule has 41 valence electrons. The van der Waals surface area contributed by atoms with Crippen LogP contribution >= 0.6 is 0 Å². The van der Waals surface area contributed by atoms with Crippen molar-refractivity contribution in [3.8, 4) is 23.9 Å². The fourth-order valence-corrected chi connectivity index (χ4v) is 0.219. The highest BCUT2D eigenvalue weighted by molar-refractivity contribution is 5.23. The molecule has 0 aliphatic rings. The van der Waals surface area contributed by atoms with E-state index in [1.54, 1.807) is 0 Å². The Morgan fingerprint density at radius 1 is 1.38 bits per heavy atom. The molecule has 0 bridgehead atoms. The fourth-order valence-electron chi connectivity index (χ4n) is 0.219.